The third kappa shape index (κ3) is 6.46. The molecule has 1 atom stereocenters. The Labute approximate surface area is 79.1 Å². The van der Waals surface area contributed by atoms with E-state index in [1.165, 1.54) is 6.92 Å². The van der Waals surface area contributed by atoms with Crippen molar-refractivity contribution in [3.8, 4) is 0 Å². The van der Waals surface area contributed by atoms with Crippen molar-refractivity contribution in [2.45, 2.75) is 52.1 Å². The number of hydrogen-bond acceptors (Lipinski definition) is 3. The molecule has 3 nitrogen and oxygen atoms in total. The predicted molar refractivity (Wildman–Crippen MR) is 50.5 cm³/mol. The highest BCUT2D eigenvalue weighted by molar-refractivity contribution is 5.88. The lowest BCUT2D eigenvalue weighted by Crippen LogP contribution is -2.20. The Balaban J connectivity index is 3.56. The summed E-state index contributed by atoms with van der Waals surface area (Å²) in [4.78, 5) is 21.7. The maximum atomic E-state index is 11.1. The van der Waals surface area contributed by atoms with Gasteiger partial charge in [0.1, 0.15) is 11.9 Å². The van der Waals surface area contributed by atoms with Crippen LogP contribution in [0, 0.1) is 0 Å². The molecule has 0 aromatic rings. The first-order valence-corrected chi connectivity index (χ1v) is 4.78. The fraction of sp³-hybridized carbons (Fsp3) is 0.800. The van der Waals surface area contributed by atoms with E-state index in [-0.39, 0.29) is 18.0 Å². The number of unbranched alkanes of at least 4 members (excludes halogenated alkanes) is 2. The zero-order valence-electron chi connectivity index (χ0n) is 8.38. The topological polar surface area (TPSA) is 54.4 Å². The molecule has 0 heterocycles. The zero-order chi connectivity index (χ0) is 10.3. The smallest absolute Gasteiger partial charge is 0.158 e. The van der Waals surface area contributed by atoms with Crippen LogP contribution in [0.2, 0.25) is 0 Å². The van der Waals surface area contributed by atoms with Gasteiger partial charge in [-0.3, -0.25) is 9.59 Å². The largest absolute Gasteiger partial charge is 0.385 e. The maximum absolute atomic E-state index is 11.1. The number of carbonyl (C=O) groups excluding carboxylic acids is 2. The molecule has 0 aliphatic heterocycles. The second kappa shape index (κ2) is 6.78. The highest BCUT2D eigenvalue weighted by Crippen LogP contribution is 2.04. The van der Waals surface area contributed by atoms with Crippen LogP contribution < -0.4 is 0 Å². The van der Waals surface area contributed by atoms with Crippen LogP contribution in [0.15, 0.2) is 0 Å². The van der Waals surface area contributed by atoms with E-state index in [2.05, 4.69) is 6.92 Å². The second-order valence-electron chi connectivity index (χ2n) is 3.33. The van der Waals surface area contributed by atoms with E-state index in [1.54, 1.807) is 0 Å². The Hall–Kier alpha value is -0.700. The maximum Gasteiger partial charge on any atom is 0.158 e. The predicted octanol–water partition coefficient (Wildman–Crippen LogP) is 1.48. The third-order valence-corrected chi connectivity index (χ3v) is 1.95. The molecule has 13 heavy (non-hydrogen) atoms. The van der Waals surface area contributed by atoms with E-state index in [9.17, 15) is 9.59 Å². The monoisotopic (exact) mass is 186 g/mol. The molecule has 0 amide bonds. The standard InChI is InChI=1S/C10H18O3/c1-3-4-5-6-9(12)7-10(13)8(2)11/h10,13H,3-7H2,1-2H3. The van der Waals surface area contributed by atoms with Crippen molar-refractivity contribution in [3.63, 3.8) is 0 Å². The minimum atomic E-state index is -1.09. The number of Topliss-reactive ketones (excluding diaryl/α,β-unsaturated/α-hetero) is 2. The van der Waals surface area contributed by atoms with Crippen molar-refractivity contribution in [1.29, 1.82) is 0 Å². The van der Waals surface area contributed by atoms with Crippen LogP contribution in [0.1, 0.15) is 46.0 Å². The Bertz CT molecular complexity index is 175. The summed E-state index contributed by atoms with van der Waals surface area (Å²) >= 11 is 0. The van der Waals surface area contributed by atoms with E-state index in [4.69, 9.17) is 5.11 Å². The van der Waals surface area contributed by atoms with E-state index in [0.717, 1.165) is 19.3 Å². The van der Waals surface area contributed by atoms with E-state index < -0.39 is 6.10 Å². The number of ketones is 2. The molecule has 0 aliphatic rings. The zero-order valence-corrected chi connectivity index (χ0v) is 8.38. The van der Waals surface area contributed by atoms with Gasteiger partial charge in [0, 0.05) is 12.8 Å². The molecule has 0 radical (unpaired) electrons. The molecule has 1 unspecified atom stereocenters. The van der Waals surface area contributed by atoms with Crippen LogP contribution in [0.4, 0.5) is 0 Å². The van der Waals surface area contributed by atoms with Crippen LogP contribution in [0.3, 0.4) is 0 Å². The summed E-state index contributed by atoms with van der Waals surface area (Å²) in [5.41, 5.74) is 0. The third-order valence-electron chi connectivity index (χ3n) is 1.95. The molecule has 1 N–H and O–H groups in total. The minimum Gasteiger partial charge on any atom is -0.385 e. The average molecular weight is 186 g/mol. The lowest BCUT2D eigenvalue weighted by Gasteiger charge is -2.04. The molecule has 0 saturated heterocycles. The summed E-state index contributed by atoms with van der Waals surface area (Å²) in [5, 5.41) is 9.08. The Morgan fingerprint density at radius 2 is 1.92 bits per heavy atom. The van der Waals surface area contributed by atoms with Gasteiger partial charge in [0.15, 0.2) is 5.78 Å². The first-order chi connectivity index (χ1) is 6.07. The molecule has 3 heteroatoms. The van der Waals surface area contributed by atoms with Gasteiger partial charge in [-0.1, -0.05) is 19.8 Å². The second-order valence-corrected chi connectivity index (χ2v) is 3.33. The number of hydrogen-bond donors (Lipinski definition) is 1. The van der Waals surface area contributed by atoms with Gasteiger partial charge in [-0.25, -0.2) is 0 Å². The number of aliphatic hydroxyl groups is 1. The van der Waals surface area contributed by atoms with E-state index in [0.29, 0.717) is 6.42 Å². The van der Waals surface area contributed by atoms with Crippen LogP contribution in [-0.2, 0) is 9.59 Å². The Morgan fingerprint density at radius 3 is 2.38 bits per heavy atom. The lowest BCUT2D eigenvalue weighted by molar-refractivity contribution is -0.130. The molecular formula is C10H18O3. The normalized spacial score (nSPS) is 12.5. The van der Waals surface area contributed by atoms with Gasteiger partial charge in [-0.2, -0.15) is 0 Å². The summed E-state index contributed by atoms with van der Waals surface area (Å²) in [6.45, 7) is 3.36. The van der Waals surface area contributed by atoms with Gasteiger partial charge in [0.25, 0.3) is 0 Å². The highest BCUT2D eigenvalue weighted by Gasteiger charge is 2.13. The number of aliphatic hydroxyl groups excluding tert-OH is 1. The SMILES string of the molecule is CCCCCC(=O)CC(O)C(C)=O. The minimum absolute atomic E-state index is 0.0148. The summed E-state index contributed by atoms with van der Waals surface area (Å²) < 4.78 is 0. The van der Waals surface area contributed by atoms with Crippen LogP contribution in [0.5, 0.6) is 0 Å². The Kier molecular flexibility index (Phi) is 6.41. The quantitative estimate of drug-likeness (QED) is 0.613. The molecule has 0 aromatic heterocycles. The molecule has 0 fully saturated rings. The summed E-state index contributed by atoms with van der Waals surface area (Å²) in [5.74, 6) is -0.347. The molecule has 0 saturated carbocycles. The first kappa shape index (κ1) is 12.3. The summed E-state index contributed by atoms with van der Waals surface area (Å²) in [7, 11) is 0. The van der Waals surface area contributed by atoms with E-state index >= 15 is 0 Å². The molecule has 0 rings (SSSR count). The van der Waals surface area contributed by atoms with Gasteiger partial charge in [0.05, 0.1) is 0 Å². The number of carbonyl (C=O) groups is 2. The molecule has 0 bridgehead atoms. The molecule has 0 aliphatic carbocycles. The summed E-state index contributed by atoms with van der Waals surface area (Å²) in [6, 6.07) is 0. The summed E-state index contributed by atoms with van der Waals surface area (Å²) in [6.07, 6.45) is 2.34. The van der Waals surface area contributed by atoms with Gasteiger partial charge >= 0.3 is 0 Å². The van der Waals surface area contributed by atoms with Crippen LogP contribution in [-0.4, -0.2) is 22.8 Å². The molecular weight excluding hydrogens is 168 g/mol. The van der Waals surface area contributed by atoms with Crippen LogP contribution in [0.25, 0.3) is 0 Å². The lowest BCUT2D eigenvalue weighted by atomic mass is 10.0. The first-order valence-electron chi connectivity index (χ1n) is 4.78. The van der Waals surface area contributed by atoms with Gasteiger partial charge < -0.3 is 5.11 Å². The number of rotatable bonds is 7. The van der Waals surface area contributed by atoms with Crippen LogP contribution >= 0.6 is 0 Å². The van der Waals surface area contributed by atoms with Crippen molar-refractivity contribution in [2.75, 3.05) is 0 Å². The average Bonchev–Trinajstić information content (AvgIpc) is 2.04. The van der Waals surface area contributed by atoms with Crippen molar-refractivity contribution in [3.05, 3.63) is 0 Å². The van der Waals surface area contributed by atoms with Crippen molar-refractivity contribution < 1.29 is 14.7 Å². The fourth-order valence-corrected chi connectivity index (χ4v) is 1.03. The van der Waals surface area contributed by atoms with Crippen molar-refractivity contribution in [2.24, 2.45) is 0 Å². The highest BCUT2D eigenvalue weighted by atomic mass is 16.3. The van der Waals surface area contributed by atoms with E-state index in [1.807, 2.05) is 0 Å². The van der Waals surface area contributed by atoms with Gasteiger partial charge in [-0.05, 0) is 13.3 Å². The van der Waals surface area contributed by atoms with Gasteiger partial charge in [-0.15, -0.1) is 0 Å². The molecule has 0 aromatic carbocycles. The molecule has 76 valence electrons. The van der Waals surface area contributed by atoms with Gasteiger partial charge in [0.2, 0.25) is 0 Å². The Morgan fingerprint density at radius 1 is 1.31 bits per heavy atom. The fourth-order valence-electron chi connectivity index (χ4n) is 1.03. The molecule has 0 spiro atoms. The van der Waals surface area contributed by atoms with Crippen molar-refractivity contribution in [1.82, 2.24) is 0 Å². The van der Waals surface area contributed by atoms with Crippen molar-refractivity contribution >= 4 is 11.6 Å².